The number of aromatic nitrogens is 4. The van der Waals surface area contributed by atoms with Gasteiger partial charge in [0.05, 0.1) is 24.3 Å². The van der Waals surface area contributed by atoms with Crippen molar-refractivity contribution in [2.75, 3.05) is 10.6 Å². The smallest absolute Gasteiger partial charge is 0.308 e. The number of anilines is 2. The fraction of sp³-hybridized carbons (Fsp3) is 0. The Balaban J connectivity index is 1.69. The van der Waals surface area contributed by atoms with Gasteiger partial charge in [0.1, 0.15) is 11.6 Å². The maximum atomic E-state index is 12.7. The van der Waals surface area contributed by atoms with Gasteiger partial charge in [-0.1, -0.05) is 11.3 Å². The Morgan fingerprint density at radius 1 is 1.18 bits per heavy atom. The lowest BCUT2D eigenvalue weighted by Gasteiger charge is -2.08. The van der Waals surface area contributed by atoms with Crippen molar-refractivity contribution in [1.82, 2.24) is 20.0 Å². The molecule has 0 fully saturated rings. The highest BCUT2D eigenvalue weighted by atomic mass is 19.1. The zero-order valence-electron chi connectivity index (χ0n) is 11.3. The summed E-state index contributed by atoms with van der Waals surface area (Å²) in [6.45, 7) is 0. The molecule has 0 saturated heterocycles. The average Bonchev–Trinajstić information content (AvgIpc) is 3.04. The van der Waals surface area contributed by atoms with Crippen LogP contribution in [0.4, 0.5) is 20.7 Å². The standard InChI is InChI=1S/C14H11FN6O/c15-10-4-5-13(16-9-10)19-14(22)18-11-2-1-3-12(8-11)21-7-6-17-20-21/h1-9H,(H2,16,18,19,22). The number of pyridine rings is 1. The highest BCUT2D eigenvalue weighted by Gasteiger charge is 2.05. The highest BCUT2D eigenvalue weighted by molar-refractivity contribution is 5.99. The number of hydrogen-bond acceptors (Lipinski definition) is 4. The molecule has 0 aliphatic rings. The van der Waals surface area contributed by atoms with Crippen LogP contribution >= 0.6 is 0 Å². The van der Waals surface area contributed by atoms with E-state index in [2.05, 4.69) is 25.9 Å². The number of carbonyl (C=O) groups is 1. The van der Waals surface area contributed by atoms with Crippen molar-refractivity contribution < 1.29 is 9.18 Å². The molecule has 22 heavy (non-hydrogen) atoms. The van der Waals surface area contributed by atoms with E-state index in [1.807, 2.05) is 6.07 Å². The molecule has 3 aromatic rings. The van der Waals surface area contributed by atoms with Crippen LogP contribution in [0, 0.1) is 5.82 Å². The van der Waals surface area contributed by atoms with Crippen molar-refractivity contribution in [2.24, 2.45) is 0 Å². The molecular formula is C14H11FN6O. The zero-order chi connectivity index (χ0) is 15.4. The van der Waals surface area contributed by atoms with E-state index in [4.69, 9.17) is 0 Å². The van der Waals surface area contributed by atoms with E-state index in [-0.39, 0.29) is 5.82 Å². The summed E-state index contributed by atoms with van der Waals surface area (Å²) in [5, 5.41) is 12.8. The topological polar surface area (TPSA) is 84.7 Å². The Labute approximate surface area is 124 Å². The first-order valence-electron chi connectivity index (χ1n) is 6.37. The number of rotatable bonds is 3. The number of amides is 2. The van der Waals surface area contributed by atoms with Gasteiger partial charge in [-0.25, -0.2) is 18.9 Å². The average molecular weight is 298 g/mol. The van der Waals surface area contributed by atoms with Crippen molar-refractivity contribution >= 4 is 17.5 Å². The van der Waals surface area contributed by atoms with Crippen molar-refractivity contribution in [3.05, 3.63) is 60.8 Å². The first-order chi connectivity index (χ1) is 10.7. The Bertz CT molecular complexity index is 772. The number of nitrogens with one attached hydrogen (secondary N) is 2. The van der Waals surface area contributed by atoms with Crippen molar-refractivity contribution in [3.63, 3.8) is 0 Å². The lowest BCUT2D eigenvalue weighted by molar-refractivity contribution is 0.262. The fourth-order valence-electron chi connectivity index (χ4n) is 1.80. The second-order valence-electron chi connectivity index (χ2n) is 4.34. The molecule has 0 atom stereocenters. The summed E-state index contributed by atoms with van der Waals surface area (Å²) in [7, 11) is 0. The molecule has 2 heterocycles. The van der Waals surface area contributed by atoms with Crippen molar-refractivity contribution in [3.8, 4) is 5.69 Å². The molecule has 2 N–H and O–H groups in total. The highest BCUT2D eigenvalue weighted by Crippen LogP contribution is 2.14. The normalized spacial score (nSPS) is 10.2. The zero-order valence-corrected chi connectivity index (χ0v) is 11.3. The molecule has 1 aromatic carbocycles. The largest absolute Gasteiger partial charge is 0.324 e. The molecule has 0 aliphatic carbocycles. The van der Waals surface area contributed by atoms with Crippen LogP contribution < -0.4 is 10.6 Å². The molecule has 0 radical (unpaired) electrons. The van der Waals surface area contributed by atoms with E-state index < -0.39 is 11.8 Å². The SMILES string of the molecule is O=C(Nc1cccc(-n2ccnn2)c1)Nc1ccc(F)cn1. The fourth-order valence-corrected chi connectivity index (χ4v) is 1.80. The molecule has 8 heteroatoms. The quantitative estimate of drug-likeness (QED) is 0.777. The van der Waals surface area contributed by atoms with E-state index in [1.54, 1.807) is 35.3 Å². The lowest BCUT2D eigenvalue weighted by Crippen LogP contribution is -2.20. The molecule has 0 bridgehead atoms. The number of hydrogen-bond donors (Lipinski definition) is 2. The molecule has 7 nitrogen and oxygen atoms in total. The molecule has 110 valence electrons. The third kappa shape index (κ3) is 3.23. The van der Waals surface area contributed by atoms with Crippen LogP contribution in [0.2, 0.25) is 0 Å². The number of urea groups is 1. The Morgan fingerprint density at radius 2 is 2.09 bits per heavy atom. The van der Waals surface area contributed by atoms with Crippen LogP contribution in [0.25, 0.3) is 5.69 Å². The minimum atomic E-state index is -0.477. The van der Waals surface area contributed by atoms with Gasteiger partial charge in [-0.15, -0.1) is 5.10 Å². The summed E-state index contributed by atoms with van der Waals surface area (Å²) in [6.07, 6.45) is 4.29. The van der Waals surface area contributed by atoms with E-state index in [1.165, 1.54) is 12.1 Å². The van der Waals surface area contributed by atoms with Gasteiger partial charge in [0, 0.05) is 5.69 Å². The minimum absolute atomic E-state index is 0.256. The lowest BCUT2D eigenvalue weighted by atomic mass is 10.3. The second kappa shape index (κ2) is 6.00. The molecule has 0 spiro atoms. The van der Waals surface area contributed by atoms with Gasteiger partial charge in [-0.2, -0.15) is 0 Å². The first kappa shape index (κ1) is 13.7. The van der Waals surface area contributed by atoms with Gasteiger partial charge in [-0.05, 0) is 30.3 Å². The van der Waals surface area contributed by atoms with Gasteiger partial charge in [-0.3, -0.25) is 5.32 Å². The maximum absolute atomic E-state index is 12.7. The van der Waals surface area contributed by atoms with Crippen molar-refractivity contribution in [1.29, 1.82) is 0 Å². The first-order valence-corrected chi connectivity index (χ1v) is 6.37. The third-order valence-electron chi connectivity index (χ3n) is 2.76. The number of halogens is 1. The summed E-state index contributed by atoms with van der Waals surface area (Å²) in [5.41, 5.74) is 1.34. The summed E-state index contributed by atoms with van der Waals surface area (Å²) in [4.78, 5) is 15.6. The summed E-state index contributed by atoms with van der Waals surface area (Å²) >= 11 is 0. The predicted octanol–water partition coefficient (Wildman–Crippen LogP) is 2.45. The van der Waals surface area contributed by atoms with Crippen molar-refractivity contribution in [2.45, 2.75) is 0 Å². The Hall–Kier alpha value is -3.29. The number of benzene rings is 1. The summed E-state index contributed by atoms with van der Waals surface area (Å²) < 4.78 is 14.3. The third-order valence-corrected chi connectivity index (χ3v) is 2.76. The van der Waals surface area contributed by atoms with E-state index >= 15 is 0 Å². The van der Waals surface area contributed by atoms with Crippen LogP contribution in [-0.2, 0) is 0 Å². The maximum Gasteiger partial charge on any atom is 0.324 e. The van der Waals surface area contributed by atoms with Gasteiger partial charge in [0.25, 0.3) is 0 Å². The molecule has 3 rings (SSSR count). The van der Waals surface area contributed by atoms with Crippen LogP contribution in [0.3, 0.4) is 0 Å². The molecule has 0 aliphatic heterocycles. The number of carbonyl (C=O) groups excluding carboxylic acids is 1. The summed E-state index contributed by atoms with van der Waals surface area (Å²) in [5.74, 6) is -0.210. The molecular weight excluding hydrogens is 287 g/mol. The summed E-state index contributed by atoms with van der Waals surface area (Å²) in [6, 6.07) is 9.20. The molecule has 2 aromatic heterocycles. The van der Waals surface area contributed by atoms with E-state index in [9.17, 15) is 9.18 Å². The molecule has 0 saturated carbocycles. The van der Waals surface area contributed by atoms with Crippen LogP contribution in [0.15, 0.2) is 55.0 Å². The second-order valence-corrected chi connectivity index (χ2v) is 4.34. The van der Waals surface area contributed by atoms with Gasteiger partial charge < -0.3 is 5.32 Å². The van der Waals surface area contributed by atoms with Gasteiger partial charge >= 0.3 is 6.03 Å². The van der Waals surface area contributed by atoms with E-state index in [0.717, 1.165) is 11.9 Å². The van der Waals surface area contributed by atoms with Gasteiger partial charge in [0.15, 0.2) is 0 Å². The monoisotopic (exact) mass is 298 g/mol. The van der Waals surface area contributed by atoms with Crippen LogP contribution in [-0.4, -0.2) is 26.0 Å². The Kier molecular flexibility index (Phi) is 3.73. The number of nitrogens with zero attached hydrogens (tertiary/aromatic N) is 4. The predicted molar refractivity (Wildman–Crippen MR) is 78.2 cm³/mol. The Morgan fingerprint density at radius 3 is 2.82 bits per heavy atom. The van der Waals surface area contributed by atoms with Crippen LogP contribution in [0.5, 0.6) is 0 Å². The van der Waals surface area contributed by atoms with Gasteiger partial charge in [0.2, 0.25) is 0 Å². The van der Waals surface area contributed by atoms with Crippen LogP contribution in [0.1, 0.15) is 0 Å². The minimum Gasteiger partial charge on any atom is -0.308 e. The molecule has 2 amide bonds. The molecule has 0 unspecified atom stereocenters. The van der Waals surface area contributed by atoms with E-state index in [0.29, 0.717) is 5.69 Å².